The van der Waals surface area contributed by atoms with Gasteiger partial charge < -0.3 is 15.0 Å². The predicted molar refractivity (Wildman–Crippen MR) is 113 cm³/mol. The summed E-state index contributed by atoms with van der Waals surface area (Å²) >= 11 is 7.75. The van der Waals surface area contributed by atoms with E-state index >= 15 is 0 Å². The Morgan fingerprint density at radius 1 is 1.14 bits per heavy atom. The summed E-state index contributed by atoms with van der Waals surface area (Å²) in [6, 6.07) is 12.6. The second kappa shape index (κ2) is 7.81. The molecule has 0 aliphatic carbocycles. The average Bonchev–Trinajstić information content (AvgIpc) is 3.36. The molecule has 7 heteroatoms. The Morgan fingerprint density at radius 3 is 2.64 bits per heavy atom. The number of carbonyl (C=O) groups excluding carboxylic acids is 2. The van der Waals surface area contributed by atoms with Gasteiger partial charge in [-0.1, -0.05) is 23.7 Å². The van der Waals surface area contributed by atoms with Gasteiger partial charge in [-0.2, -0.15) is 0 Å². The highest BCUT2D eigenvalue weighted by molar-refractivity contribution is 7.21. The van der Waals surface area contributed by atoms with Crippen molar-refractivity contribution in [2.45, 2.75) is 12.8 Å². The van der Waals surface area contributed by atoms with E-state index < -0.39 is 0 Å². The third kappa shape index (κ3) is 3.45. The molecule has 1 aromatic heterocycles. The Labute approximate surface area is 171 Å². The smallest absolute Gasteiger partial charge is 0.267 e. The lowest BCUT2D eigenvalue weighted by Gasteiger charge is -2.17. The van der Waals surface area contributed by atoms with Gasteiger partial charge in [-0.25, -0.2) is 0 Å². The van der Waals surface area contributed by atoms with Crippen LogP contribution in [0, 0.1) is 0 Å². The fourth-order valence-electron chi connectivity index (χ4n) is 3.37. The number of benzene rings is 2. The number of fused-ring (bicyclic) bond motifs is 1. The summed E-state index contributed by atoms with van der Waals surface area (Å²) in [5.41, 5.74) is 0.993. The van der Waals surface area contributed by atoms with Gasteiger partial charge in [-0.3, -0.25) is 9.59 Å². The lowest BCUT2D eigenvalue weighted by molar-refractivity contribution is 0.0794. The first-order chi connectivity index (χ1) is 13.6. The van der Waals surface area contributed by atoms with Crippen molar-refractivity contribution >= 4 is 50.5 Å². The Bertz CT molecular complexity index is 1060. The second-order valence-corrected chi connectivity index (χ2v) is 8.04. The van der Waals surface area contributed by atoms with Gasteiger partial charge in [0.1, 0.15) is 10.6 Å². The fraction of sp³-hybridized carbons (Fsp3) is 0.238. The minimum absolute atomic E-state index is 0.0550. The summed E-state index contributed by atoms with van der Waals surface area (Å²) in [4.78, 5) is 27.9. The number of thiophene rings is 1. The maximum absolute atomic E-state index is 12.9. The van der Waals surface area contributed by atoms with E-state index in [2.05, 4.69) is 5.32 Å². The van der Waals surface area contributed by atoms with Gasteiger partial charge in [0.2, 0.25) is 0 Å². The standard InChI is InChI=1S/C21H19ClN2O3S/c1-27-13-8-9-15-17(12-13)28-19(18(15)22)20(25)23-16-7-3-2-6-14(16)21(26)24-10-4-5-11-24/h2-3,6-9,12H,4-5,10-11H2,1H3,(H,23,25). The van der Waals surface area contributed by atoms with Crippen molar-refractivity contribution in [1.82, 2.24) is 4.90 Å². The second-order valence-electron chi connectivity index (χ2n) is 6.61. The van der Waals surface area contributed by atoms with Crippen molar-refractivity contribution in [2.75, 3.05) is 25.5 Å². The molecular weight excluding hydrogens is 396 g/mol. The molecule has 0 atom stereocenters. The van der Waals surface area contributed by atoms with Gasteiger partial charge >= 0.3 is 0 Å². The minimum atomic E-state index is -0.327. The van der Waals surface area contributed by atoms with Gasteiger partial charge in [-0.15, -0.1) is 11.3 Å². The number of nitrogens with zero attached hydrogens (tertiary/aromatic N) is 1. The van der Waals surface area contributed by atoms with E-state index in [9.17, 15) is 9.59 Å². The molecule has 0 bridgehead atoms. The van der Waals surface area contributed by atoms with Crippen LogP contribution in [0.25, 0.3) is 10.1 Å². The molecule has 0 radical (unpaired) electrons. The molecule has 2 aromatic carbocycles. The van der Waals surface area contributed by atoms with Crippen LogP contribution in [0.5, 0.6) is 5.75 Å². The van der Waals surface area contributed by atoms with E-state index in [0.717, 1.165) is 36.0 Å². The summed E-state index contributed by atoms with van der Waals surface area (Å²) in [6.07, 6.45) is 2.03. The quantitative estimate of drug-likeness (QED) is 0.649. The molecule has 1 aliphatic rings. The summed E-state index contributed by atoms with van der Waals surface area (Å²) < 4.78 is 6.11. The highest BCUT2D eigenvalue weighted by Crippen LogP contribution is 2.37. The first kappa shape index (κ1) is 18.8. The Morgan fingerprint density at radius 2 is 1.89 bits per heavy atom. The van der Waals surface area contributed by atoms with Crippen molar-refractivity contribution in [3.63, 3.8) is 0 Å². The number of hydrogen-bond acceptors (Lipinski definition) is 4. The highest BCUT2D eigenvalue weighted by Gasteiger charge is 2.24. The van der Waals surface area contributed by atoms with Gasteiger partial charge in [0.15, 0.2) is 0 Å². The highest BCUT2D eigenvalue weighted by atomic mass is 35.5. The number of rotatable bonds is 4. The molecule has 1 fully saturated rings. The number of hydrogen-bond donors (Lipinski definition) is 1. The molecule has 28 heavy (non-hydrogen) atoms. The Balaban J connectivity index is 1.63. The molecule has 1 N–H and O–H groups in total. The van der Waals surface area contributed by atoms with Gasteiger partial charge in [-0.05, 0) is 43.2 Å². The maximum atomic E-state index is 12.9. The van der Waals surface area contributed by atoms with Gasteiger partial charge in [0.25, 0.3) is 11.8 Å². The topological polar surface area (TPSA) is 58.6 Å². The average molecular weight is 415 g/mol. The van der Waals surface area contributed by atoms with E-state index in [1.165, 1.54) is 11.3 Å². The van der Waals surface area contributed by atoms with Crippen LogP contribution in [0.15, 0.2) is 42.5 Å². The number of likely N-dealkylation sites (tertiary alicyclic amines) is 1. The van der Waals surface area contributed by atoms with Crippen LogP contribution >= 0.6 is 22.9 Å². The molecule has 0 unspecified atom stereocenters. The zero-order chi connectivity index (χ0) is 19.7. The van der Waals surface area contributed by atoms with Crippen LogP contribution in [0.2, 0.25) is 5.02 Å². The van der Waals surface area contributed by atoms with Crippen molar-refractivity contribution in [3.05, 3.63) is 57.9 Å². The normalized spacial score (nSPS) is 13.7. The number of halogens is 1. The lowest BCUT2D eigenvalue weighted by Crippen LogP contribution is -2.28. The molecule has 0 spiro atoms. The summed E-state index contributed by atoms with van der Waals surface area (Å²) in [7, 11) is 1.60. The van der Waals surface area contributed by atoms with E-state index in [0.29, 0.717) is 26.9 Å². The van der Waals surface area contributed by atoms with Crippen molar-refractivity contribution in [3.8, 4) is 5.75 Å². The van der Waals surface area contributed by atoms with Crippen LogP contribution < -0.4 is 10.1 Å². The van der Waals surface area contributed by atoms with Crippen molar-refractivity contribution in [2.24, 2.45) is 0 Å². The molecule has 2 amide bonds. The molecule has 144 valence electrons. The van der Waals surface area contributed by atoms with Crippen molar-refractivity contribution < 1.29 is 14.3 Å². The fourth-order valence-corrected chi connectivity index (χ4v) is 4.81. The summed E-state index contributed by atoms with van der Waals surface area (Å²) in [5.74, 6) is 0.325. The largest absolute Gasteiger partial charge is 0.497 e. The van der Waals surface area contributed by atoms with Crippen LogP contribution in [-0.4, -0.2) is 36.9 Å². The molecule has 4 rings (SSSR count). The maximum Gasteiger partial charge on any atom is 0.267 e. The molecular formula is C21H19ClN2O3S. The molecule has 5 nitrogen and oxygen atoms in total. The van der Waals surface area contributed by atoms with E-state index in [1.807, 2.05) is 23.1 Å². The summed E-state index contributed by atoms with van der Waals surface area (Å²) in [5, 5.41) is 4.08. The predicted octanol–water partition coefficient (Wildman–Crippen LogP) is 5.05. The van der Waals surface area contributed by atoms with Crippen molar-refractivity contribution in [1.29, 1.82) is 0 Å². The van der Waals surface area contributed by atoms with Crippen LogP contribution in [0.4, 0.5) is 5.69 Å². The number of ether oxygens (including phenoxy) is 1. The first-order valence-electron chi connectivity index (χ1n) is 9.04. The van der Waals surface area contributed by atoms with Gasteiger partial charge in [0.05, 0.1) is 23.4 Å². The zero-order valence-electron chi connectivity index (χ0n) is 15.3. The molecule has 2 heterocycles. The number of methoxy groups -OCH3 is 1. The van der Waals surface area contributed by atoms with Crippen LogP contribution in [0.1, 0.15) is 32.9 Å². The number of nitrogens with one attached hydrogen (secondary N) is 1. The Hall–Kier alpha value is -2.57. The third-order valence-electron chi connectivity index (χ3n) is 4.84. The monoisotopic (exact) mass is 414 g/mol. The summed E-state index contributed by atoms with van der Waals surface area (Å²) in [6.45, 7) is 1.51. The molecule has 3 aromatic rings. The minimum Gasteiger partial charge on any atom is -0.497 e. The van der Waals surface area contributed by atoms with E-state index in [-0.39, 0.29) is 11.8 Å². The molecule has 0 saturated carbocycles. The molecule has 1 aliphatic heterocycles. The number of amides is 2. The van der Waals surface area contributed by atoms with Gasteiger partial charge in [0, 0.05) is 23.2 Å². The number of para-hydroxylation sites is 1. The zero-order valence-corrected chi connectivity index (χ0v) is 16.9. The first-order valence-corrected chi connectivity index (χ1v) is 10.2. The van der Waals surface area contributed by atoms with Crippen LogP contribution in [-0.2, 0) is 0 Å². The number of carbonyl (C=O) groups is 2. The molecule has 1 saturated heterocycles. The van der Waals surface area contributed by atoms with E-state index in [1.54, 1.807) is 31.4 Å². The SMILES string of the molecule is COc1ccc2c(Cl)c(C(=O)Nc3ccccc3C(=O)N3CCCC3)sc2c1. The van der Waals surface area contributed by atoms with Crippen LogP contribution in [0.3, 0.4) is 0 Å². The Kier molecular flexibility index (Phi) is 5.24. The third-order valence-corrected chi connectivity index (χ3v) is 6.50. The number of anilines is 1. The van der Waals surface area contributed by atoms with E-state index in [4.69, 9.17) is 16.3 Å². The lowest BCUT2D eigenvalue weighted by atomic mass is 10.1.